The Hall–Kier alpha value is -2.09. The summed E-state index contributed by atoms with van der Waals surface area (Å²) in [5.41, 5.74) is -0.0817. The van der Waals surface area contributed by atoms with Gasteiger partial charge in [-0.3, -0.25) is 9.69 Å². The van der Waals surface area contributed by atoms with Gasteiger partial charge in [0, 0.05) is 45.3 Å². The number of piperazine rings is 1. The first-order chi connectivity index (χ1) is 14.7. The molecule has 1 aromatic rings. The van der Waals surface area contributed by atoms with E-state index < -0.39 is 11.0 Å². The average Bonchev–Trinajstić information content (AvgIpc) is 3.31. The molecule has 0 unspecified atom stereocenters. The van der Waals surface area contributed by atoms with Gasteiger partial charge in [0.15, 0.2) is 5.76 Å². The zero-order valence-corrected chi connectivity index (χ0v) is 19.4. The summed E-state index contributed by atoms with van der Waals surface area (Å²) in [5.74, 6) is 1.34. The van der Waals surface area contributed by atoms with Gasteiger partial charge in [-0.2, -0.15) is 0 Å². The van der Waals surface area contributed by atoms with Crippen LogP contribution in [-0.4, -0.2) is 76.7 Å². The summed E-state index contributed by atoms with van der Waals surface area (Å²) in [7, 11) is 0. The second-order valence-electron chi connectivity index (χ2n) is 10.5. The average molecular weight is 433 g/mol. The molecule has 2 aliphatic heterocycles. The minimum atomic E-state index is -0.527. The largest absolute Gasteiger partial charge is 0.444 e. The zero-order valence-electron chi connectivity index (χ0n) is 19.4. The third-order valence-corrected chi connectivity index (χ3v) is 6.91. The van der Waals surface area contributed by atoms with Crippen molar-refractivity contribution in [2.75, 3.05) is 39.3 Å². The van der Waals surface area contributed by atoms with Crippen LogP contribution in [0.4, 0.5) is 4.79 Å². The molecule has 4 rings (SSSR count). The molecular weight excluding hydrogens is 396 g/mol. The fourth-order valence-electron chi connectivity index (χ4n) is 5.41. The maximum absolute atomic E-state index is 13.8. The number of rotatable bonds is 3. The van der Waals surface area contributed by atoms with E-state index in [2.05, 4.69) is 10.1 Å². The third-order valence-electron chi connectivity index (χ3n) is 6.91. The van der Waals surface area contributed by atoms with Crippen LogP contribution >= 0.6 is 0 Å². The smallest absolute Gasteiger partial charge is 0.410 e. The lowest BCUT2D eigenvalue weighted by Gasteiger charge is -2.43. The molecule has 1 aromatic heterocycles. The molecule has 0 radical (unpaired) electrons. The maximum Gasteiger partial charge on any atom is 0.410 e. The molecule has 2 saturated heterocycles. The molecule has 0 aromatic carbocycles. The highest BCUT2D eigenvalue weighted by Crippen LogP contribution is 2.48. The van der Waals surface area contributed by atoms with Gasteiger partial charge < -0.3 is 19.1 Å². The Morgan fingerprint density at radius 1 is 1.19 bits per heavy atom. The van der Waals surface area contributed by atoms with Gasteiger partial charge in [-0.25, -0.2) is 4.79 Å². The standard InChI is InChI=1S/C23H36N4O4/c1-17-13-19(31-24-17)15-25-9-11-26(12-10-25)20(28)23-8-6-5-7-18(23)14-27(16-23)21(29)30-22(2,3)4/h13,18H,5-12,14-16H2,1-4H3/t18-,23+/m0/s1. The zero-order chi connectivity index (χ0) is 22.2. The van der Waals surface area contributed by atoms with Gasteiger partial charge in [-0.05, 0) is 46.5 Å². The highest BCUT2D eigenvalue weighted by molar-refractivity contribution is 5.85. The highest BCUT2D eigenvalue weighted by atomic mass is 16.6. The predicted octanol–water partition coefficient (Wildman–Crippen LogP) is 3.05. The third kappa shape index (κ3) is 4.73. The van der Waals surface area contributed by atoms with Gasteiger partial charge in [0.2, 0.25) is 5.91 Å². The molecule has 0 N–H and O–H groups in total. The Morgan fingerprint density at radius 2 is 1.94 bits per heavy atom. The molecule has 3 aliphatic rings. The van der Waals surface area contributed by atoms with Crippen molar-refractivity contribution >= 4 is 12.0 Å². The number of fused-ring (bicyclic) bond motifs is 1. The Bertz CT molecular complexity index is 809. The van der Waals surface area contributed by atoms with Crippen LogP contribution in [0.15, 0.2) is 10.6 Å². The van der Waals surface area contributed by atoms with Gasteiger partial charge in [-0.1, -0.05) is 18.0 Å². The molecule has 0 bridgehead atoms. The minimum absolute atomic E-state index is 0.233. The SMILES string of the molecule is Cc1cc(CN2CCN(C(=O)[C@@]34CCCC[C@H]3CN(C(=O)OC(C)(C)C)C4)CC2)on1. The summed E-state index contributed by atoms with van der Waals surface area (Å²) < 4.78 is 11.0. The van der Waals surface area contributed by atoms with Crippen molar-refractivity contribution in [1.29, 1.82) is 0 Å². The summed E-state index contributed by atoms with van der Waals surface area (Å²) in [6, 6.07) is 1.97. The lowest BCUT2D eigenvalue weighted by Crippen LogP contribution is -2.55. The molecule has 2 amide bonds. The quantitative estimate of drug-likeness (QED) is 0.730. The van der Waals surface area contributed by atoms with Crippen LogP contribution in [0.2, 0.25) is 0 Å². The molecule has 0 spiro atoms. The number of aryl methyl sites for hydroxylation is 1. The van der Waals surface area contributed by atoms with E-state index >= 15 is 0 Å². The number of aromatic nitrogens is 1. The number of likely N-dealkylation sites (tertiary alicyclic amines) is 1. The van der Waals surface area contributed by atoms with Crippen molar-refractivity contribution in [3.8, 4) is 0 Å². The van der Waals surface area contributed by atoms with Crippen molar-refractivity contribution in [2.45, 2.75) is 65.5 Å². The second-order valence-corrected chi connectivity index (χ2v) is 10.5. The summed E-state index contributed by atoms with van der Waals surface area (Å²) >= 11 is 0. The van der Waals surface area contributed by atoms with E-state index in [1.807, 2.05) is 38.7 Å². The number of hydrogen-bond acceptors (Lipinski definition) is 6. The molecular formula is C23H36N4O4. The molecule has 3 fully saturated rings. The molecule has 172 valence electrons. The van der Waals surface area contributed by atoms with Crippen molar-refractivity contribution in [1.82, 2.24) is 19.9 Å². The van der Waals surface area contributed by atoms with E-state index in [1.165, 1.54) is 0 Å². The van der Waals surface area contributed by atoms with Crippen LogP contribution in [0.1, 0.15) is 57.9 Å². The van der Waals surface area contributed by atoms with Crippen LogP contribution in [-0.2, 0) is 16.1 Å². The Labute approximate surface area is 184 Å². The summed E-state index contributed by atoms with van der Waals surface area (Å²) in [4.78, 5) is 32.6. The second kappa shape index (κ2) is 8.45. The van der Waals surface area contributed by atoms with Gasteiger partial charge >= 0.3 is 6.09 Å². The first-order valence-corrected chi connectivity index (χ1v) is 11.6. The number of ether oxygens (including phenoxy) is 1. The number of carbonyl (C=O) groups is 2. The van der Waals surface area contributed by atoms with E-state index in [4.69, 9.17) is 9.26 Å². The van der Waals surface area contributed by atoms with Crippen molar-refractivity contribution < 1.29 is 18.8 Å². The van der Waals surface area contributed by atoms with Crippen molar-refractivity contribution in [3.05, 3.63) is 17.5 Å². The molecule has 3 heterocycles. The Balaban J connectivity index is 1.40. The molecule has 31 heavy (non-hydrogen) atoms. The number of carbonyl (C=O) groups excluding carboxylic acids is 2. The first kappa shape index (κ1) is 22.1. The maximum atomic E-state index is 13.8. The molecule has 8 nitrogen and oxygen atoms in total. The van der Waals surface area contributed by atoms with E-state index in [1.54, 1.807) is 4.90 Å². The first-order valence-electron chi connectivity index (χ1n) is 11.6. The molecule has 1 aliphatic carbocycles. The Morgan fingerprint density at radius 3 is 2.58 bits per heavy atom. The van der Waals surface area contributed by atoms with Crippen LogP contribution in [0.5, 0.6) is 0 Å². The summed E-state index contributed by atoms with van der Waals surface area (Å²) in [6.07, 6.45) is 3.77. The summed E-state index contributed by atoms with van der Waals surface area (Å²) in [6.45, 7) is 12.5. The molecule has 1 saturated carbocycles. The number of hydrogen-bond donors (Lipinski definition) is 0. The van der Waals surface area contributed by atoms with Crippen LogP contribution < -0.4 is 0 Å². The monoisotopic (exact) mass is 432 g/mol. The van der Waals surface area contributed by atoms with Gasteiger partial charge in [0.25, 0.3) is 0 Å². The van der Waals surface area contributed by atoms with E-state index in [0.29, 0.717) is 26.2 Å². The van der Waals surface area contributed by atoms with E-state index in [9.17, 15) is 9.59 Å². The fraction of sp³-hybridized carbons (Fsp3) is 0.783. The Kier molecular flexibility index (Phi) is 6.03. The van der Waals surface area contributed by atoms with Crippen molar-refractivity contribution in [2.24, 2.45) is 11.3 Å². The number of nitrogens with zero attached hydrogens (tertiary/aromatic N) is 4. The minimum Gasteiger partial charge on any atom is -0.444 e. The van der Waals surface area contributed by atoms with Gasteiger partial charge in [0.1, 0.15) is 5.60 Å². The van der Waals surface area contributed by atoms with Crippen molar-refractivity contribution in [3.63, 3.8) is 0 Å². The fourth-order valence-corrected chi connectivity index (χ4v) is 5.41. The normalized spacial score (nSPS) is 27.3. The predicted molar refractivity (Wildman–Crippen MR) is 115 cm³/mol. The lowest BCUT2D eigenvalue weighted by molar-refractivity contribution is -0.147. The van der Waals surface area contributed by atoms with Gasteiger partial charge in [0.05, 0.1) is 17.7 Å². The lowest BCUT2D eigenvalue weighted by atomic mass is 9.67. The van der Waals surface area contributed by atoms with Crippen LogP contribution in [0.3, 0.4) is 0 Å². The molecule has 2 atom stereocenters. The summed E-state index contributed by atoms with van der Waals surface area (Å²) in [5, 5.41) is 3.96. The van der Waals surface area contributed by atoms with E-state index in [-0.39, 0.29) is 17.9 Å². The van der Waals surface area contributed by atoms with Crippen LogP contribution in [0.25, 0.3) is 0 Å². The topological polar surface area (TPSA) is 79.1 Å². The van der Waals surface area contributed by atoms with Crippen LogP contribution in [0, 0.1) is 18.3 Å². The molecule has 8 heteroatoms. The number of amides is 2. The van der Waals surface area contributed by atoms with Gasteiger partial charge in [-0.15, -0.1) is 0 Å². The van der Waals surface area contributed by atoms with E-state index in [0.717, 1.165) is 56.8 Å². The highest BCUT2D eigenvalue weighted by Gasteiger charge is 2.55.